The maximum Gasteiger partial charge on any atom is 0.261 e. The molecule has 0 aliphatic carbocycles. The van der Waals surface area contributed by atoms with Gasteiger partial charge in [-0.2, -0.15) is 0 Å². The number of aryl methyl sites for hydroxylation is 1. The number of halogens is 1. The summed E-state index contributed by atoms with van der Waals surface area (Å²) in [4.78, 5) is 17.3. The quantitative estimate of drug-likeness (QED) is 0.679. The summed E-state index contributed by atoms with van der Waals surface area (Å²) in [5.41, 5.74) is 3.04. The van der Waals surface area contributed by atoms with E-state index in [1.807, 2.05) is 37.3 Å². The van der Waals surface area contributed by atoms with Crippen LogP contribution in [-0.2, 0) is 0 Å². The highest BCUT2D eigenvalue weighted by molar-refractivity contribution is 7.80. The molecule has 1 heterocycles. The lowest BCUT2D eigenvalue weighted by molar-refractivity contribution is 0.0974. The van der Waals surface area contributed by atoms with Crippen molar-refractivity contribution in [2.45, 2.75) is 13.8 Å². The summed E-state index contributed by atoms with van der Waals surface area (Å²) in [5, 5.41) is 6.58. The first-order valence-electron chi connectivity index (χ1n) is 9.95. The minimum atomic E-state index is -0.329. The molecule has 0 radical (unpaired) electrons. The summed E-state index contributed by atoms with van der Waals surface area (Å²) < 4.78 is 5.35. The van der Waals surface area contributed by atoms with Gasteiger partial charge in [0.05, 0.1) is 23.4 Å². The Kier molecular flexibility index (Phi) is 7.53. The van der Waals surface area contributed by atoms with Crippen LogP contribution in [0.1, 0.15) is 22.8 Å². The number of likely N-dealkylation sites (N-methyl/N-ethyl adjacent to an activating group) is 1. The number of piperazine rings is 1. The maximum absolute atomic E-state index is 12.6. The lowest BCUT2D eigenvalue weighted by Crippen LogP contribution is -2.46. The first-order valence-corrected chi connectivity index (χ1v) is 10.7. The van der Waals surface area contributed by atoms with Crippen LogP contribution in [0.25, 0.3) is 0 Å². The molecule has 0 aromatic heterocycles. The Hall–Kier alpha value is -2.35. The van der Waals surface area contributed by atoms with Crippen LogP contribution in [0.3, 0.4) is 0 Å². The van der Waals surface area contributed by atoms with E-state index in [9.17, 15) is 4.79 Å². The van der Waals surface area contributed by atoms with Gasteiger partial charge in [0.25, 0.3) is 5.91 Å². The topological polar surface area (TPSA) is 56.8 Å². The average Bonchev–Trinajstić information content (AvgIpc) is 2.73. The molecular weight excluding hydrogens is 420 g/mol. The summed E-state index contributed by atoms with van der Waals surface area (Å²) in [6, 6.07) is 11.1. The van der Waals surface area contributed by atoms with Gasteiger partial charge in [-0.1, -0.05) is 30.7 Å². The molecule has 6 nitrogen and oxygen atoms in total. The number of rotatable bonds is 5. The minimum absolute atomic E-state index is 0.198. The van der Waals surface area contributed by atoms with Gasteiger partial charge < -0.3 is 19.9 Å². The molecule has 0 unspecified atom stereocenters. The van der Waals surface area contributed by atoms with Gasteiger partial charge in [-0.25, -0.2) is 0 Å². The predicted octanol–water partition coefficient (Wildman–Crippen LogP) is 3.93. The van der Waals surface area contributed by atoms with Gasteiger partial charge in [0, 0.05) is 31.9 Å². The van der Waals surface area contributed by atoms with E-state index in [1.54, 1.807) is 13.2 Å². The molecule has 1 fully saturated rings. The minimum Gasteiger partial charge on any atom is -0.496 e. The Morgan fingerprint density at radius 2 is 1.93 bits per heavy atom. The van der Waals surface area contributed by atoms with Gasteiger partial charge in [-0.3, -0.25) is 10.1 Å². The van der Waals surface area contributed by atoms with Gasteiger partial charge >= 0.3 is 0 Å². The number of para-hydroxylation sites is 1. The molecule has 0 saturated carbocycles. The standard InChI is InChI=1S/C22H27ClN4O2S/c1-4-26-10-12-27(13-11-26)19-9-8-16(14-18(19)23)24-22(30)25-21(28)17-7-5-6-15(2)20(17)29-3/h5-9,14H,4,10-13H2,1-3H3,(H2,24,25,28,30). The summed E-state index contributed by atoms with van der Waals surface area (Å²) in [7, 11) is 1.54. The highest BCUT2D eigenvalue weighted by Crippen LogP contribution is 2.30. The van der Waals surface area contributed by atoms with Crippen molar-refractivity contribution in [2.75, 3.05) is 50.1 Å². The van der Waals surface area contributed by atoms with Crippen LogP contribution in [0.2, 0.25) is 5.02 Å². The van der Waals surface area contributed by atoms with Gasteiger partial charge in [0.1, 0.15) is 5.75 Å². The van der Waals surface area contributed by atoms with Crippen molar-refractivity contribution in [3.63, 3.8) is 0 Å². The predicted molar refractivity (Wildman–Crippen MR) is 127 cm³/mol. The van der Waals surface area contributed by atoms with Crippen molar-refractivity contribution in [3.05, 3.63) is 52.5 Å². The first kappa shape index (κ1) is 22.3. The molecule has 3 rings (SSSR count). The number of hydrogen-bond donors (Lipinski definition) is 2. The van der Waals surface area contributed by atoms with Crippen molar-refractivity contribution in [1.29, 1.82) is 0 Å². The molecule has 160 valence electrons. The molecule has 1 saturated heterocycles. The number of methoxy groups -OCH3 is 1. The second-order valence-corrected chi connectivity index (χ2v) is 7.97. The average molecular weight is 447 g/mol. The number of carbonyl (C=O) groups is 1. The van der Waals surface area contributed by atoms with Crippen LogP contribution in [0, 0.1) is 6.92 Å². The highest BCUT2D eigenvalue weighted by Gasteiger charge is 2.19. The molecule has 0 bridgehead atoms. The molecular formula is C22H27ClN4O2S. The normalized spacial score (nSPS) is 14.3. The van der Waals surface area contributed by atoms with Crippen molar-refractivity contribution in [2.24, 2.45) is 0 Å². The molecule has 1 amide bonds. The zero-order valence-corrected chi connectivity index (χ0v) is 19.1. The number of ether oxygens (including phenoxy) is 1. The van der Waals surface area contributed by atoms with E-state index in [1.165, 1.54) is 0 Å². The zero-order valence-electron chi connectivity index (χ0n) is 17.5. The summed E-state index contributed by atoms with van der Waals surface area (Å²) in [6.07, 6.45) is 0. The lowest BCUT2D eigenvalue weighted by Gasteiger charge is -2.36. The molecule has 0 spiro atoms. The molecule has 30 heavy (non-hydrogen) atoms. The van der Waals surface area contributed by atoms with Gasteiger partial charge in [-0.05, 0) is 55.5 Å². The van der Waals surface area contributed by atoms with Crippen LogP contribution in [0.15, 0.2) is 36.4 Å². The number of benzene rings is 2. The Labute approximate surface area is 188 Å². The molecule has 0 atom stereocenters. The summed E-state index contributed by atoms with van der Waals surface area (Å²) >= 11 is 11.8. The van der Waals surface area contributed by atoms with E-state index in [-0.39, 0.29) is 11.0 Å². The monoisotopic (exact) mass is 446 g/mol. The molecule has 2 N–H and O–H groups in total. The van der Waals surface area contributed by atoms with Crippen molar-refractivity contribution in [3.8, 4) is 5.75 Å². The second kappa shape index (κ2) is 10.1. The van der Waals surface area contributed by atoms with Crippen molar-refractivity contribution in [1.82, 2.24) is 10.2 Å². The largest absolute Gasteiger partial charge is 0.496 e. The van der Waals surface area contributed by atoms with Gasteiger partial charge in [0.15, 0.2) is 5.11 Å². The van der Waals surface area contributed by atoms with Gasteiger partial charge in [-0.15, -0.1) is 0 Å². The molecule has 1 aliphatic rings. The first-order chi connectivity index (χ1) is 14.4. The van der Waals surface area contributed by atoms with E-state index in [0.717, 1.165) is 49.7 Å². The number of nitrogens with one attached hydrogen (secondary N) is 2. The highest BCUT2D eigenvalue weighted by atomic mass is 35.5. The molecule has 2 aromatic carbocycles. The van der Waals surface area contributed by atoms with E-state index in [2.05, 4.69) is 27.4 Å². The van der Waals surface area contributed by atoms with Crippen LogP contribution < -0.4 is 20.3 Å². The summed E-state index contributed by atoms with van der Waals surface area (Å²) in [5.74, 6) is 0.206. The molecule has 8 heteroatoms. The smallest absolute Gasteiger partial charge is 0.261 e. The number of anilines is 2. The van der Waals surface area contributed by atoms with Crippen LogP contribution in [-0.4, -0.2) is 55.8 Å². The molecule has 1 aliphatic heterocycles. The fraction of sp³-hybridized carbons (Fsp3) is 0.364. The fourth-order valence-electron chi connectivity index (χ4n) is 3.58. The van der Waals surface area contributed by atoms with Crippen LogP contribution in [0.5, 0.6) is 5.75 Å². The zero-order chi connectivity index (χ0) is 21.7. The van der Waals surface area contributed by atoms with Crippen molar-refractivity contribution >= 4 is 46.2 Å². The Morgan fingerprint density at radius 3 is 2.57 bits per heavy atom. The fourth-order valence-corrected chi connectivity index (χ4v) is 4.09. The van der Waals surface area contributed by atoms with Gasteiger partial charge in [0.2, 0.25) is 0 Å². The van der Waals surface area contributed by atoms with Crippen LogP contribution in [0.4, 0.5) is 11.4 Å². The maximum atomic E-state index is 12.6. The van der Waals surface area contributed by atoms with Crippen molar-refractivity contribution < 1.29 is 9.53 Å². The Morgan fingerprint density at radius 1 is 1.20 bits per heavy atom. The molecule has 2 aromatic rings. The van der Waals surface area contributed by atoms with E-state index in [0.29, 0.717) is 16.3 Å². The Bertz CT molecular complexity index is 929. The second-order valence-electron chi connectivity index (χ2n) is 7.15. The van der Waals surface area contributed by atoms with E-state index in [4.69, 9.17) is 28.6 Å². The Balaban J connectivity index is 1.63. The number of carbonyl (C=O) groups excluding carboxylic acids is 1. The summed E-state index contributed by atoms with van der Waals surface area (Å²) in [6.45, 7) is 9.11. The number of nitrogens with zero attached hydrogens (tertiary/aromatic N) is 2. The third kappa shape index (κ3) is 5.22. The van der Waals surface area contributed by atoms with E-state index < -0.39 is 0 Å². The third-order valence-electron chi connectivity index (χ3n) is 5.25. The number of amides is 1. The number of hydrogen-bond acceptors (Lipinski definition) is 5. The van der Waals surface area contributed by atoms with E-state index >= 15 is 0 Å². The number of thiocarbonyl (C=S) groups is 1. The third-order valence-corrected chi connectivity index (χ3v) is 5.76. The lowest BCUT2D eigenvalue weighted by atomic mass is 10.1. The van der Waals surface area contributed by atoms with Crippen LogP contribution >= 0.6 is 23.8 Å². The SMILES string of the molecule is CCN1CCN(c2ccc(NC(=S)NC(=O)c3cccc(C)c3OC)cc2Cl)CC1.